The van der Waals surface area contributed by atoms with E-state index >= 15 is 0 Å². The van der Waals surface area contributed by atoms with Crippen LogP contribution in [0.4, 0.5) is 5.95 Å². The van der Waals surface area contributed by atoms with Crippen LogP contribution >= 0.6 is 0 Å². The van der Waals surface area contributed by atoms with Crippen LogP contribution in [-0.2, 0) is 0 Å². The molecule has 0 atom stereocenters. The van der Waals surface area contributed by atoms with Crippen molar-refractivity contribution in [2.75, 3.05) is 5.43 Å². The van der Waals surface area contributed by atoms with Crippen molar-refractivity contribution in [3.8, 4) is 17.7 Å². The molecular formula is C12H11N7O. The number of benzene rings is 1. The highest BCUT2D eigenvalue weighted by Gasteiger charge is 2.09. The highest BCUT2D eigenvalue weighted by Crippen LogP contribution is 2.18. The van der Waals surface area contributed by atoms with Crippen molar-refractivity contribution < 1.29 is 4.74 Å². The zero-order valence-electron chi connectivity index (χ0n) is 10.3. The monoisotopic (exact) mass is 269 g/mol. The summed E-state index contributed by atoms with van der Waals surface area (Å²) in [5.41, 5.74) is 2.37. The Balaban J connectivity index is 1.96. The summed E-state index contributed by atoms with van der Waals surface area (Å²) in [5.74, 6) is 6.47. The second kappa shape index (κ2) is 5.33. The fourth-order valence-electron chi connectivity index (χ4n) is 1.54. The standard InChI is InChI=1S/C12H11N7O/c13-18-10-15-11(19-8-4-7-14-19)17-12(16-10)20-9-5-2-1-3-6-9/h1-8H,13H2,(H,15,16,17,18). The van der Waals surface area contributed by atoms with Gasteiger partial charge in [0.2, 0.25) is 5.95 Å². The van der Waals surface area contributed by atoms with Gasteiger partial charge in [0, 0.05) is 12.4 Å². The average molecular weight is 269 g/mol. The summed E-state index contributed by atoms with van der Waals surface area (Å²) in [6.07, 6.45) is 3.33. The van der Waals surface area contributed by atoms with E-state index in [1.807, 2.05) is 18.2 Å². The highest BCUT2D eigenvalue weighted by atomic mass is 16.5. The largest absolute Gasteiger partial charge is 0.424 e. The van der Waals surface area contributed by atoms with Gasteiger partial charge in [0.25, 0.3) is 5.95 Å². The molecule has 8 heteroatoms. The van der Waals surface area contributed by atoms with E-state index in [9.17, 15) is 0 Å². The lowest BCUT2D eigenvalue weighted by Gasteiger charge is -2.07. The Hall–Kier alpha value is -3.00. The van der Waals surface area contributed by atoms with Crippen LogP contribution in [0.2, 0.25) is 0 Å². The Morgan fingerprint density at radius 2 is 1.90 bits per heavy atom. The SMILES string of the molecule is NNc1nc(Oc2ccccc2)nc(-n2cccn2)n1. The molecule has 0 amide bonds. The van der Waals surface area contributed by atoms with Gasteiger partial charge < -0.3 is 4.74 Å². The number of nitrogens with two attached hydrogens (primary N) is 1. The van der Waals surface area contributed by atoms with Crippen LogP contribution in [0.3, 0.4) is 0 Å². The van der Waals surface area contributed by atoms with E-state index in [1.54, 1.807) is 30.6 Å². The maximum Gasteiger partial charge on any atom is 0.328 e. The van der Waals surface area contributed by atoms with Crippen molar-refractivity contribution >= 4 is 5.95 Å². The van der Waals surface area contributed by atoms with Crippen molar-refractivity contribution in [3.63, 3.8) is 0 Å². The van der Waals surface area contributed by atoms with Gasteiger partial charge in [-0.1, -0.05) is 18.2 Å². The molecule has 2 heterocycles. The third kappa shape index (κ3) is 2.54. The van der Waals surface area contributed by atoms with Crippen LogP contribution in [0.1, 0.15) is 0 Å². The van der Waals surface area contributed by atoms with E-state index in [0.29, 0.717) is 11.7 Å². The summed E-state index contributed by atoms with van der Waals surface area (Å²) in [7, 11) is 0. The van der Waals surface area contributed by atoms with Gasteiger partial charge >= 0.3 is 6.01 Å². The number of nitrogens with zero attached hydrogens (tertiary/aromatic N) is 5. The molecule has 0 spiro atoms. The summed E-state index contributed by atoms with van der Waals surface area (Å²) in [6.45, 7) is 0. The predicted octanol–water partition coefficient (Wildman–Crippen LogP) is 1.14. The van der Waals surface area contributed by atoms with Crippen molar-refractivity contribution in [3.05, 3.63) is 48.8 Å². The van der Waals surface area contributed by atoms with Crippen molar-refractivity contribution in [2.45, 2.75) is 0 Å². The number of hydrogen-bond acceptors (Lipinski definition) is 7. The molecular weight excluding hydrogens is 258 g/mol. The number of ether oxygens (including phenoxy) is 1. The first-order chi connectivity index (χ1) is 9.85. The molecule has 3 N–H and O–H groups in total. The van der Waals surface area contributed by atoms with E-state index in [0.717, 1.165) is 0 Å². The number of para-hydroxylation sites is 1. The first-order valence-corrected chi connectivity index (χ1v) is 5.81. The minimum absolute atomic E-state index is 0.129. The van der Waals surface area contributed by atoms with Gasteiger partial charge in [-0.15, -0.1) is 0 Å². The van der Waals surface area contributed by atoms with E-state index in [4.69, 9.17) is 10.6 Å². The minimum Gasteiger partial charge on any atom is -0.424 e. The van der Waals surface area contributed by atoms with Gasteiger partial charge in [0.05, 0.1) is 0 Å². The fourth-order valence-corrected chi connectivity index (χ4v) is 1.54. The van der Waals surface area contributed by atoms with Crippen LogP contribution in [0, 0.1) is 0 Å². The topological polar surface area (TPSA) is 104 Å². The average Bonchev–Trinajstić information content (AvgIpc) is 3.02. The Morgan fingerprint density at radius 3 is 2.60 bits per heavy atom. The van der Waals surface area contributed by atoms with Gasteiger partial charge in [-0.3, -0.25) is 5.43 Å². The molecule has 0 aliphatic rings. The van der Waals surface area contributed by atoms with Crippen molar-refractivity contribution in [2.24, 2.45) is 5.84 Å². The van der Waals surface area contributed by atoms with Gasteiger partial charge in [0.1, 0.15) is 5.75 Å². The Kier molecular flexibility index (Phi) is 3.21. The number of rotatable bonds is 4. The second-order valence-electron chi connectivity index (χ2n) is 3.75. The Morgan fingerprint density at radius 1 is 1.05 bits per heavy atom. The summed E-state index contributed by atoms with van der Waals surface area (Å²) >= 11 is 0. The summed E-state index contributed by atoms with van der Waals surface area (Å²) in [4.78, 5) is 12.3. The molecule has 0 saturated heterocycles. The molecule has 0 saturated carbocycles. The molecule has 100 valence electrons. The zero-order chi connectivity index (χ0) is 13.8. The number of anilines is 1. The van der Waals surface area contributed by atoms with Crippen LogP contribution in [0.15, 0.2) is 48.8 Å². The molecule has 1 aromatic carbocycles. The first kappa shape index (κ1) is 12.1. The number of nitrogens with one attached hydrogen (secondary N) is 1. The lowest BCUT2D eigenvalue weighted by atomic mass is 10.3. The molecule has 20 heavy (non-hydrogen) atoms. The minimum atomic E-state index is 0.129. The third-order valence-corrected chi connectivity index (χ3v) is 2.39. The molecule has 3 aromatic rings. The molecule has 8 nitrogen and oxygen atoms in total. The fraction of sp³-hybridized carbons (Fsp3) is 0. The van der Waals surface area contributed by atoms with E-state index in [1.165, 1.54) is 4.68 Å². The molecule has 0 fully saturated rings. The summed E-state index contributed by atoms with van der Waals surface area (Å²) in [5, 5.41) is 4.05. The van der Waals surface area contributed by atoms with Crippen LogP contribution in [-0.4, -0.2) is 24.7 Å². The van der Waals surface area contributed by atoms with Crippen LogP contribution < -0.4 is 16.0 Å². The highest BCUT2D eigenvalue weighted by molar-refractivity contribution is 5.31. The Bertz CT molecular complexity index is 684. The van der Waals surface area contributed by atoms with E-state index in [2.05, 4.69) is 25.5 Å². The first-order valence-electron chi connectivity index (χ1n) is 5.81. The summed E-state index contributed by atoms with van der Waals surface area (Å²) in [6, 6.07) is 11.1. The number of nitrogen functional groups attached to an aromatic ring is 1. The lowest BCUT2D eigenvalue weighted by Crippen LogP contribution is -2.14. The second-order valence-corrected chi connectivity index (χ2v) is 3.75. The predicted molar refractivity (Wildman–Crippen MR) is 71.3 cm³/mol. The van der Waals surface area contributed by atoms with E-state index < -0.39 is 0 Å². The quantitative estimate of drug-likeness (QED) is 0.540. The maximum atomic E-state index is 5.56. The molecule has 0 unspecified atom stereocenters. The molecule has 0 radical (unpaired) electrons. The normalized spacial score (nSPS) is 10.2. The molecule has 0 aliphatic heterocycles. The zero-order valence-corrected chi connectivity index (χ0v) is 10.3. The maximum absolute atomic E-state index is 5.56. The van der Waals surface area contributed by atoms with Gasteiger partial charge in [-0.25, -0.2) is 10.5 Å². The van der Waals surface area contributed by atoms with Gasteiger partial charge in [-0.2, -0.15) is 20.1 Å². The Labute approximate surface area is 114 Å². The van der Waals surface area contributed by atoms with Crippen LogP contribution in [0.25, 0.3) is 5.95 Å². The molecule has 0 aliphatic carbocycles. The van der Waals surface area contributed by atoms with Gasteiger partial charge in [-0.05, 0) is 18.2 Å². The molecule has 0 bridgehead atoms. The number of aromatic nitrogens is 5. The van der Waals surface area contributed by atoms with E-state index in [-0.39, 0.29) is 12.0 Å². The third-order valence-electron chi connectivity index (χ3n) is 2.39. The molecule has 2 aromatic heterocycles. The number of hydrogen-bond donors (Lipinski definition) is 2. The lowest BCUT2D eigenvalue weighted by molar-refractivity contribution is 0.438. The van der Waals surface area contributed by atoms with Crippen LogP contribution in [0.5, 0.6) is 11.8 Å². The summed E-state index contributed by atoms with van der Waals surface area (Å²) < 4.78 is 7.05. The van der Waals surface area contributed by atoms with Crippen molar-refractivity contribution in [1.29, 1.82) is 0 Å². The van der Waals surface area contributed by atoms with Crippen molar-refractivity contribution in [1.82, 2.24) is 24.7 Å². The smallest absolute Gasteiger partial charge is 0.328 e. The van der Waals surface area contributed by atoms with Gasteiger partial charge in [0.15, 0.2) is 0 Å². The molecule has 3 rings (SSSR count). The number of hydrazine groups is 1.